The number of fused-ring (bicyclic) bond motifs is 1. The lowest BCUT2D eigenvalue weighted by molar-refractivity contribution is -0.107. The molecule has 7 aromatic rings. The van der Waals surface area contributed by atoms with Crippen LogP contribution in [0.4, 0.5) is 5.69 Å². The van der Waals surface area contributed by atoms with Crippen LogP contribution in [0.15, 0.2) is 140 Å². The number of aromatic nitrogens is 5. The summed E-state index contributed by atoms with van der Waals surface area (Å²) in [5.74, 6) is 0.619. The highest BCUT2D eigenvalue weighted by molar-refractivity contribution is 5.96. The second kappa shape index (κ2) is 14.3. The fraction of sp³-hybridized carbons (Fsp3) is 0.244. The molecular weight excluding hydrogens is 657 g/mol. The van der Waals surface area contributed by atoms with Crippen molar-refractivity contribution in [1.82, 2.24) is 24.5 Å². The minimum absolute atomic E-state index is 0.139. The Morgan fingerprint density at radius 2 is 1.34 bits per heavy atom. The molecule has 0 spiro atoms. The number of rotatable bonds is 10. The van der Waals surface area contributed by atoms with Crippen molar-refractivity contribution in [2.45, 2.75) is 62.8 Å². The zero-order valence-corrected chi connectivity index (χ0v) is 29.7. The lowest BCUT2D eigenvalue weighted by Crippen LogP contribution is -2.38. The standard InChI is InChI=1S/C45H42N6O2/c52-32-49(38-22-10-11-23-38)39-24-14-15-33(29-39)43-40-30-34(26-27-41(40)51(47-43)42-25-12-13-28-53-42)44-46-31-50(48-44)45(35-16-4-1-5-17-35,36-18-6-2-7-19-36)37-20-8-3-9-21-37/h1-9,14-21,24,26-27,29-32,38,42H,10-13,22-23,25,28H2. The van der Waals surface area contributed by atoms with Crippen molar-refractivity contribution >= 4 is 23.0 Å². The number of carbonyl (C=O) groups excluding carboxylic acids is 1. The third kappa shape index (κ3) is 5.93. The van der Waals surface area contributed by atoms with Gasteiger partial charge in [0.15, 0.2) is 12.1 Å². The van der Waals surface area contributed by atoms with Crippen molar-refractivity contribution in [3.8, 4) is 22.6 Å². The van der Waals surface area contributed by atoms with Crippen molar-refractivity contribution in [3.63, 3.8) is 0 Å². The minimum Gasteiger partial charge on any atom is -0.356 e. The van der Waals surface area contributed by atoms with Crippen LogP contribution in [0.5, 0.6) is 0 Å². The van der Waals surface area contributed by atoms with E-state index in [4.69, 9.17) is 19.9 Å². The molecular formula is C45H42N6O2. The van der Waals surface area contributed by atoms with Gasteiger partial charge in [0.1, 0.15) is 17.6 Å². The summed E-state index contributed by atoms with van der Waals surface area (Å²) in [6, 6.07) is 46.4. The summed E-state index contributed by atoms with van der Waals surface area (Å²) in [7, 11) is 0. The largest absolute Gasteiger partial charge is 0.356 e. The van der Waals surface area contributed by atoms with Gasteiger partial charge in [-0.3, -0.25) is 4.79 Å². The van der Waals surface area contributed by atoms with Crippen LogP contribution in [0.3, 0.4) is 0 Å². The van der Waals surface area contributed by atoms with Crippen molar-refractivity contribution in [1.29, 1.82) is 0 Å². The van der Waals surface area contributed by atoms with E-state index in [0.29, 0.717) is 5.82 Å². The highest BCUT2D eigenvalue weighted by Crippen LogP contribution is 2.41. The molecule has 8 nitrogen and oxygen atoms in total. The fourth-order valence-electron chi connectivity index (χ4n) is 8.48. The first-order chi connectivity index (χ1) is 26.2. The molecule has 1 saturated carbocycles. The van der Waals surface area contributed by atoms with Crippen LogP contribution < -0.4 is 4.90 Å². The van der Waals surface area contributed by atoms with E-state index >= 15 is 0 Å². The molecule has 1 aliphatic carbocycles. The Balaban J connectivity index is 1.19. The van der Waals surface area contributed by atoms with Crippen LogP contribution in [0.2, 0.25) is 0 Å². The SMILES string of the molecule is O=CN(c1cccc(-c2nn(C3CCCCO3)c3ccc(-c4ncn(C(c5ccccc5)(c5ccccc5)c5ccccc5)n4)cc23)c1)C1CCCC1. The maximum absolute atomic E-state index is 12.4. The van der Waals surface area contributed by atoms with Gasteiger partial charge in [-0.2, -0.15) is 5.10 Å². The normalized spacial score (nSPS) is 16.6. The van der Waals surface area contributed by atoms with Gasteiger partial charge in [0.2, 0.25) is 6.41 Å². The summed E-state index contributed by atoms with van der Waals surface area (Å²) >= 11 is 0. The van der Waals surface area contributed by atoms with Crippen LogP contribution in [0.1, 0.15) is 67.9 Å². The summed E-state index contributed by atoms with van der Waals surface area (Å²) in [6.45, 7) is 0.720. The molecule has 1 amide bonds. The Labute approximate surface area is 309 Å². The Bertz CT molecular complexity index is 2230. The van der Waals surface area contributed by atoms with Gasteiger partial charge in [-0.15, -0.1) is 5.10 Å². The van der Waals surface area contributed by atoms with Crippen LogP contribution in [0.25, 0.3) is 33.5 Å². The smallest absolute Gasteiger partial charge is 0.214 e. The quantitative estimate of drug-likeness (QED) is 0.105. The zero-order valence-electron chi connectivity index (χ0n) is 29.7. The summed E-state index contributed by atoms with van der Waals surface area (Å²) < 4.78 is 10.3. The van der Waals surface area contributed by atoms with E-state index in [1.807, 2.05) is 50.9 Å². The monoisotopic (exact) mass is 698 g/mol. The van der Waals surface area contributed by atoms with Crippen LogP contribution in [-0.4, -0.2) is 43.6 Å². The van der Waals surface area contributed by atoms with Gasteiger partial charge >= 0.3 is 0 Å². The Morgan fingerprint density at radius 1 is 0.679 bits per heavy atom. The Kier molecular flexibility index (Phi) is 8.89. The third-order valence-corrected chi connectivity index (χ3v) is 11.1. The van der Waals surface area contributed by atoms with E-state index in [1.54, 1.807) is 0 Å². The van der Waals surface area contributed by atoms with E-state index in [0.717, 1.165) is 108 Å². The number of carbonyl (C=O) groups is 1. The fourth-order valence-corrected chi connectivity index (χ4v) is 8.48. The number of hydrogen-bond donors (Lipinski definition) is 0. The average Bonchev–Trinajstić information content (AvgIpc) is 4.02. The Morgan fingerprint density at radius 3 is 1.96 bits per heavy atom. The van der Waals surface area contributed by atoms with Gasteiger partial charge in [-0.25, -0.2) is 14.3 Å². The summed E-state index contributed by atoms with van der Waals surface area (Å²) in [4.78, 5) is 19.3. The molecule has 5 aromatic carbocycles. The average molecular weight is 699 g/mol. The molecule has 9 rings (SSSR count). The topological polar surface area (TPSA) is 78.1 Å². The number of nitrogens with zero attached hydrogens (tertiary/aromatic N) is 6. The molecule has 2 fully saturated rings. The molecule has 0 N–H and O–H groups in total. The number of ether oxygens (including phenoxy) is 1. The molecule has 0 radical (unpaired) electrons. The van der Waals surface area contributed by atoms with Gasteiger partial charge < -0.3 is 9.64 Å². The van der Waals surface area contributed by atoms with Gasteiger partial charge in [-0.05, 0) is 79.1 Å². The van der Waals surface area contributed by atoms with Crippen molar-refractivity contribution < 1.29 is 9.53 Å². The first kappa shape index (κ1) is 33.0. The predicted molar refractivity (Wildman–Crippen MR) is 208 cm³/mol. The van der Waals surface area contributed by atoms with Crippen LogP contribution >= 0.6 is 0 Å². The maximum atomic E-state index is 12.4. The third-order valence-electron chi connectivity index (χ3n) is 11.1. The number of amides is 1. The molecule has 2 aromatic heterocycles. The maximum Gasteiger partial charge on any atom is 0.214 e. The second-order valence-corrected chi connectivity index (χ2v) is 14.2. The van der Waals surface area contributed by atoms with Crippen molar-refractivity contribution in [2.24, 2.45) is 0 Å². The molecule has 264 valence electrons. The molecule has 1 atom stereocenters. The minimum atomic E-state index is -0.766. The highest BCUT2D eigenvalue weighted by atomic mass is 16.5. The van der Waals surface area contributed by atoms with E-state index in [9.17, 15) is 4.79 Å². The molecule has 1 saturated heterocycles. The lowest BCUT2D eigenvalue weighted by Gasteiger charge is -2.35. The molecule has 0 bridgehead atoms. The van der Waals surface area contributed by atoms with E-state index in [-0.39, 0.29) is 12.3 Å². The number of hydrogen-bond acceptors (Lipinski definition) is 5. The molecule has 3 heterocycles. The first-order valence-corrected chi connectivity index (χ1v) is 18.8. The van der Waals surface area contributed by atoms with Crippen LogP contribution in [0, 0.1) is 0 Å². The predicted octanol–water partition coefficient (Wildman–Crippen LogP) is 9.41. The molecule has 1 unspecified atom stereocenters. The number of benzene rings is 5. The van der Waals surface area contributed by atoms with Gasteiger partial charge in [-0.1, -0.05) is 116 Å². The van der Waals surface area contributed by atoms with E-state index in [2.05, 4.69) is 103 Å². The lowest BCUT2D eigenvalue weighted by atomic mass is 9.77. The zero-order chi connectivity index (χ0) is 35.6. The summed E-state index contributed by atoms with van der Waals surface area (Å²) in [5, 5.41) is 11.5. The van der Waals surface area contributed by atoms with Crippen molar-refractivity contribution in [2.75, 3.05) is 11.5 Å². The summed E-state index contributed by atoms with van der Waals surface area (Å²) in [5.41, 5.74) is 7.08. The van der Waals surface area contributed by atoms with Gasteiger partial charge in [0.25, 0.3) is 0 Å². The molecule has 8 heteroatoms. The first-order valence-electron chi connectivity index (χ1n) is 18.8. The number of anilines is 1. The Hall–Kier alpha value is -5.86. The highest BCUT2D eigenvalue weighted by Gasteiger charge is 2.40. The van der Waals surface area contributed by atoms with E-state index < -0.39 is 5.54 Å². The van der Waals surface area contributed by atoms with Crippen LogP contribution in [-0.2, 0) is 15.1 Å². The van der Waals surface area contributed by atoms with Gasteiger partial charge in [0, 0.05) is 34.8 Å². The van der Waals surface area contributed by atoms with Crippen molar-refractivity contribution in [3.05, 3.63) is 156 Å². The summed E-state index contributed by atoms with van der Waals surface area (Å²) in [6.07, 6.45) is 10.1. The second-order valence-electron chi connectivity index (χ2n) is 14.2. The molecule has 2 aliphatic rings. The van der Waals surface area contributed by atoms with E-state index in [1.165, 1.54) is 0 Å². The van der Waals surface area contributed by atoms with Gasteiger partial charge in [0.05, 0.1) is 5.52 Å². The molecule has 53 heavy (non-hydrogen) atoms. The molecule has 1 aliphatic heterocycles.